The minimum Gasteiger partial charge on any atom is -0.371 e. The lowest BCUT2D eigenvalue weighted by Gasteiger charge is -2.34. The molecule has 1 heterocycles. The van der Waals surface area contributed by atoms with Gasteiger partial charge < -0.3 is 9.69 Å². The maximum atomic E-state index is 15.5. The lowest BCUT2D eigenvalue weighted by molar-refractivity contribution is -0.0980. The van der Waals surface area contributed by atoms with Crippen molar-refractivity contribution in [1.82, 2.24) is 4.90 Å². The van der Waals surface area contributed by atoms with E-state index in [9.17, 15) is 0 Å². The van der Waals surface area contributed by atoms with Gasteiger partial charge in [-0.2, -0.15) is 0 Å². The number of rotatable bonds is 6. The molecular formula is C37H58FNO. The van der Waals surface area contributed by atoms with Crippen molar-refractivity contribution in [2.45, 2.75) is 107 Å². The molecule has 1 spiro atoms. The Morgan fingerprint density at radius 3 is 1.93 bits per heavy atom. The molecular weight excluding hydrogens is 493 g/mol. The molecule has 40 heavy (non-hydrogen) atoms. The van der Waals surface area contributed by atoms with Crippen LogP contribution in [0, 0.1) is 22.6 Å². The standard InChI is InChI=1S/C27H32FN.C3H6.3C2H6.CH2O/c1-4-26(13-14-26)20(3)29-18-27(15-16-27)19(2)24(29)17-22-11-8-12-23(25(22)28)21-9-6-5-7-10-21;1-3-2;4*1-2/h5-12,19,24H,3-4,13-18H2,1-2H3;3H,1H2,2H3;3*1-2H3;1H2. The van der Waals surface area contributed by atoms with Gasteiger partial charge in [0, 0.05) is 29.3 Å². The number of hydrogen-bond acceptors (Lipinski definition) is 2. The van der Waals surface area contributed by atoms with Gasteiger partial charge in [-0.05, 0) is 67.9 Å². The summed E-state index contributed by atoms with van der Waals surface area (Å²) in [5.41, 5.74) is 4.62. The second kappa shape index (κ2) is 18.6. The van der Waals surface area contributed by atoms with E-state index in [-0.39, 0.29) is 5.82 Å². The molecule has 3 fully saturated rings. The monoisotopic (exact) mass is 551 g/mol. The summed E-state index contributed by atoms with van der Waals surface area (Å²) < 4.78 is 15.5. The first kappa shape index (κ1) is 37.3. The van der Waals surface area contributed by atoms with Crippen LogP contribution in [-0.2, 0) is 11.2 Å². The molecule has 1 aliphatic heterocycles. The van der Waals surface area contributed by atoms with Crippen molar-refractivity contribution in [3.63, 3.8) is 0 Å². The minimum absolute atomic E-state index is 0.0511. The van der Waals surface area contributed by atoms with Crippen LogP contribution < -0.4 is 0 Å². The fourth-order valence-electron chi connectivity index (χ4n) is 5.74. The van der Waals surface area contributed by atoms with E-state index in [1.807, 2.05) is 104 Å². The van der Waals surface area contributed by atoms with Crippen LogP contribution in [0.1, 0.15) is 100.0 Å². The maximum absolute atomic E-state index is 15.5. The summed E-state index contributed by atoms with van der Waals surface area (Å²) in [5.74, 6) is 0.538. The molecule has 1 saturated heterocycles. The van der Waals surface area contributed by atoms with E-state index in [2.05, 4.69) is 31.9 Å². The Balaban J connectivity index is 0.00000123. The summed E-state index contributed by atoms with van der Waals surface area (Å²) in [6, 6.07) is 16.2. The van der Waals surface area contributed by atoms with Crippen LogP contribution in [0.5, 0.6) is 0 Å². The number of benzene rings is 2. The van der Waals surface area contributed by atoms with Gasteiger partial charge in [0.25, 0.3) is 0 Å². The second-order valence-electron chi connectivity index (χ2n) is 10.2. The quantitative estimate of drug-likeness (QED) is 0.333. The first-order valence-electron chi connectivity index (χ1n) is 15.6. The van der Waals surface area contributed by atoms with Gasteiger partial charge in [-0.1, -0.05) is 117 Å². The van der Waals surface area contributed by atoms with Gasteiger partial charge >= 0.3 is 0 Å². The third-order valence-corrected chi connectivity index (χ3v) is 8.40. The average molecular weight is 552 g/mol. The molecule has 0 radical (unpaired) electrons. The van der Waals surface area contributed by atoms with E-state index >= 15 is 4.39 Å². The zero-order valence-electron chi connectivity index (χ0n) is 27.2. The molecule has 2 aromatic carbocycles. The van der Waals surface area contributed by atoms with E-state index in [0.29, 0.717) is 28.4 Å². The van der Waals surface area contributed by atoms with Crippen molar-refractivity contribution in [2.75, 3.05) is 6.54 Å². The van der Waals surface area contributed by atoms with Crippen LogP contribution in [0.4, 0.5) is 4.39 Å². The van der Waals surface area contributed by atoms with E-state index in [1.54, 1.807) is 6.08 Å². The number of likely N-dealkylation sites (tertiary alicyclic amines) is 1. The topological polar surface area (TPSA) is 20.3 Å². The van der Waals surface area contributed by atoms with Gasteiger partial charge in [0.05, 0.1) is 0 Å². The van der Waals surface area contributed by atoms with Gasteiger partial charge in [0.1, 0.15) is 12.6 Å². The Kier molecular flexibility index (Phi) is 17.4. The first-order chi connectivity index (χ1) is 19.4. The summed E-state index contributed by atoms with van der Waals surface area (Å²) in [6.45, 7) is 29.6. The van der Waals surface area contributed by atoms with Crippen LogP contribution >= 0.6 is 0 Å². The fourth-order valence-corrected chi connectivity index (χ4v) is 5.74. The summed E-state index contributed by atoms with van der Waals surface area (Å²) >= 11 is 0. The molecule has 0 N–H and O–H groups in total. The number of carbonyl (C=O) groups excluding carboxylic acids is 1. The SMILES string of the molecule is C=C(N1CC2(CC2)C(C)C1Cc1cccc(-c2ccccc2)c1F)C1(CC)CC1.C=CC.C=O.CC.CC.CC. The van der Waals surface area contributed by atoms with Crippen molar-refractivity contribution in [1.29, 1.82) is 0 Å². The zero-order chi connectivity index (χ0) is 30.9. The molecule has 0 bridgehead atoms. The highest BCUT2D eigenvalue weighted by Gasteiger charge is 2.59. The molecule has 0 amide bonds. The van der Waals surface area contributed by atoms with Crippen molar-refractivity contribution in [3.05, 3.63) is 84.8 Å². The Morgan fingerprint density at radius 1 is 0.950 bits per heavy atom. The van der Waals surface area contributed by atoms with Crippen LogP contribution in [0.15, 0.2) is 73.5 Å². The molecule has 0 aromatic heterocycles. The highest BCUT2D eigenvalue weighted by Crippen LogP contribution is 2.63. The van der Waals surface area contributed by atoms with E-state index in [4.69, 9.17) is 4.79 Å². The highest BCUT2D eigenvalue weighted by molar-refractivity contribution is 5.65. The lowest BCUT2D eigenvalue weighted by Crippen LogP contribution is -2.36. The molecule has 2 nitrogen and oxygen atoms in total. The number of allylic oxidation sites excluding steroid dienone is 2. The van der Waals surface area contributed by atoms with Gasteiger partial charge in [0.2, 0.25) is 0 Å². The van der Waals surface area contributed by atoms with E-state index in [1.165, 1.54) is 37.8 Å². The van der Waals surface area contributed by atoms with Crippen molar-refractivity contribution in [2.24, 2.45) is 16.7 Å². The normalized spacial score (nSPS) is 19.7. The Bertz CT molecular complexity index is 990. The van der Waals surface area contributed by atoms with Gasteiger partial charge in [-0.25, -0.2) is 4.39 Å². The predicted octanol–water partition coefficient (Wildman–Crippen LogP) is 10.9. The van der Waals surface area contributed by atoms with Crippen molar-refractivity contribution in [3.8, 4) is 11.1 Å². The molecule has 3 heteroatoms. The van der Waals surface area contributed by atoms with Crippen LogP contribution in [-0.4, -0.2) is 24.3 Å². The molecule has 2 saturated carbocycles. The van der Waals surface area contributed by atoms with E-state index in [0.717, 1.165) is 24.1 Å². The van der Waals surface area contributed by atoms with Crippen LogP contribution in [0.2, 0.25) is 0 Å². The number of carbonyl (C=O) groups is 1. The molecule has 3 aliphatic rings. The minimum atomic E-state index is -0.0511. The summed E-state index contributed by atoms with van der Waals surface area (Å²) in [6.07, 6.45) is 8.87. The van der Waals surface area contributed by atoms with E-state index < -0.39 is 0 Å². The maximum Gasteiger partial charge on any atom is 0.134 e. The highest BCUT2D eigenvalue weighted by atomic mass is 19.1. The molecule has 2 aliphatic carbocycles. The Labute approximate surface area is 246 Å². The second-order valence-corrected chi connectivity index (χ2v) is 10.2. The number of nitrogens with zero attached hydrogens (tertiary/aromatic N) is 1. The predicted molar refractivity (Wildman–Crippen MR) is 175 cm³/mol. The number of halogens is 1. The molecule has 2 atom stereocenters. The van der Waals surface area contributed by atoms with Crippen molar-refractivity contribution >= 4 is 6.79 Å². The fraction of sp³-hybridized carbons (Fsp3) is 0.541. The summed E-state index contributed by atoms with van der Waals surface area (Å²) in [5, 5.41) is 0. The largest absolute Gasteiger partial charge is 0.371 e. The lowest BCUT2D eigenvalue weighted by atomic mass is 9.86. The third-order valence-electron chi connectivity index (χ3n) is 8.40. The van der Waals surface area contributed by atoms with Crippen molar-refractivity contribution < 1.29 is 9.18 Å². The van der Waals surface area contributed by atoms with Gasteiger partial charge in [-0.3, -0.25) is 0 Å². The average Bonchev–Trinajstić information content (AvgIpc) is 3.95. The van der Waals surface area contributed by atoms with Crippen LogP contribution in [0.3, 0.4) is 0 Å². The Hall–Kier alpha value is -2.68. The molecule has 5 rings (SSSR count). The van der Waals surface area contributed by atoms with Crippen LogP contribution in [0.25, 0.3) is 11.1 Å². The number of hydrogen-bond donors (Lipinski definition) is 0. The molecule has 224 valence electrons. The zero-order valence-corrected chi connectivity index (χ0v) is 27.2. The molecule has 2 aromatic rings. The third kappa shape index (κ3) is 8.66. The first-order valence-corrected chi connectivity index (χ1v) is 15.6. The summed E-state index contributed by atoms with van der Waals surface area (Å²) in [4.78, 5) is 10.6. The van der Waals surface area contributed by atoms with Gasteiger partial charge in [0.15, 0.2) is 0 Å². The smallest absolute Gasteiger partial charge is 0.134 e. The Morgan fingerprint density at radius 2 is 1.48 bits per heavy atom. The summed E-state index contributed by atoms with van der Waals surface area (Å²) in [7, 11) is 0. The molecule has 2 unspecified atom stereocenters. The van der Waals surface area contributed by atoms with Gasteiger partial charge in [-0.15, -0.1) is 6.58 Å².